The topological polar surface area (TPSA) is 92.9 Å². The van der Waals surface area contributed by atoms with E-state index in [4.69, 9.17) is 4.42 Å². The summed E-state index contributed by atoms with van der Waals surface area (Å²) in [5.41, 5.74) is 1.53. The Labute approximate surface area is 178 Å². The van der Waals surface area contributed by atoms with Crippen LogP contribution in [0.4, 0.5) is 14.7 Å². The molecule has 2 heterocycles. The van der Waals surface area contributed by atoms with Crippen LogP contribution in [-0.2, 0) is 4.79 Å². The standard InChI is InChI=1S/C22H25F2N5O2/c1-13-25-12-20(31-13)15-2-3-16-11-26-22(28-19(16)8-15)29-21(30)14-4-6-17(7-5-14)27-18(9-23)10-24/h2-3,8,11-12,14,17-18,27H,4-7,9-10H2,1H3,(H,26,28,29,30)/t14-,17-. The van der Waals surface area contributed by atoms with Crippen molar-refractivity contribution >= 4 is 22.8 Å². The molecule has 1 aliphatic rings. The average Bonchev–Trinajstić information content (AvgIpc) is 3.23. The Kier molecular flexibility index (Phi) is 6.50. The molecule has 31 heavy (non-hydrogen) atoms. The summed E-state index contributed by atoms with van der Waals surface area (Å²) in [6, 6.07) is 4.95. The van der Waals surface area contributed by atoms with E-state index in [-0.39, 0.29) is 23.8 Å². The Hall–Kier alpha value is -2.94. The van der Waals surface area contributed by atoms with Crippen LogP contribution in [-0.4, -0.2) is 46.3 Å². The molecule has 0 bridgehead atoms. The van der Waals surface area contributed by atoms with Crippen LogP contribution in [0.5, 0.6) is 0 Å². The molecule has 4 rings (SSSR count). The number of amides is 1. The molecule has 0 aliphatic heterocycles. The zero-order chi connectivity index (χ0) is 21.8. The number of alkyl halides is 2. The molecular weight excluding hydrogens is 404 g/mol. The number of aromatic nitrogens is 3. The van der Waals surface area contributed by atoms with Gasteiger partial charge in [-0.2, -0.15) is 0 Å². The lowest BCUT2D eigenvalue weighted by molar-refractivity contribution is -0.120. The highest BCUT2D eigenvalue weighted by Gasteiger charge is 2.28. The van der Waals surface area contributed by atoms with Crippen molar-refractivity contribution in [2.45, 2.75) is 44.7 Å². The van der Waals surface area contributed by atoms with E-state index in [0.29, 0.717) is 42.9 Å². The summed E-state index contributed by atoms with van der Waals surface area (Å²) in [5, 5.41) is 6.64. The quantitative estimate of drug-likeness (QED) is 0.590. The van der Waals surface area contributed by atoms with E-state index in [2.05, 4.69) is 25.6 Å². The number of fused-ring (bicyclic) bond motifs is 1. The molecule has 1 aromatic carbocycles. The van der Waals surface area contributed by atoms with E-state index in [1.165, 1.54) is 0 Å². The minimum absolute atomic E-state index is 0.0376. The highest BCUT2D eigenvalue weighted by molar-refractivity contribution is 5.92. The molecule has 9 heteroatoms. The largest absolute Gasteiger partial charge is 0.441 e. The van der Waals surface area contributed by atoms with Crippen molar-refractivity contribution in [3.05, 3.63) is 36.5 Å². The summed E-state index contributed by atoms with van der Waals surface area (Å²) >= 11 is 0. The van der Waals surface area contributed by atoms with Crippen molar-refractivity contribution in [1.82, 2.24) is 20.3 Å². The van der Waals surface area contributed by atoms with Gasteiger partial charge in [0.15, 0.2) is 11.7 Å². The fourth-order valence-corrected chi connectivity index (χ4v) is 3.93. The summed E-state index contributed by atoms with van der Waals surface area (Å²) in [6.45, 7) is 0.326. The first kappa shape index (κ1) is 21.3. The molecule has 1 fully saturated rings. The number of aryl methyl sites for hydroxylation is 1. The molecule has 0 spiro atoms. The Bertz CT molecular complexity index is 1050. The third kappa shape index (κ3) is 5.04. The molecule has 3 aromatic rings. The second-order valence-corrected chi connectivity index (χ2v) is 7.92. The Balaban J connectivity index is 1.39. The van der Waals surface area contributed by atoms with Gasteiger partial charge < -0.3 is 9.73 Å². The number of hydrogen-bond donors (Lipinski definition) is 2. The van der Waals surface area contributed by atoms with Crippen LogP contribution in [0.3, 0.4) is 0 Å². The maximum absolute atomic E-state index is 12.7. The Morgan fingerprint density at radius 2 is 1.94 bits per heavy atom. The predicted octanol–water partition coefficient (Wildman–Crippen LogP) is 3.99. The zero-order valence-electron chi connectivity index (χ0n) is 17.3. The zero-order valence-corrected chi connectivity index (χ0v) is 17.3. The van der Waals surface area contributed by atoms with Gasteiger partial charge in [-0.25, -0.2) is 23.7 Å². The van der Waals surface area contributed by atoms with Crippen molar-refractivity contribution in [1.29, 1.82) is 0 Å². The number of hydrogen-bond acceptors (Lipinski definition) is 6. The number of oxazole rings is 1. The molecule has 1 saturated carbocycles. The SMILES string of the molecule is Cc1ncc(-c2ccc3cnc(NC(=O)[C@H]4CC[C@H](NC(CF)CF)CC4)nc3c2)o1. The molecule has 0 saturated heterocycles. The van der Waals surface area contributed by atoms with Gasteiger partial charge in [0.1, 0.15) is 13.3 Å². The number of benzene rings is 1. The van der Waals surface area contributed by atoms with Gasteiger partial charge in [0, 0.05) is 36.0 Å². The van der Waals surface area contributed by atoms with Gasteiger partial charge in [-0.15, -0.1) is 0 Å². The van der Waals surface area contributed by atoms with Gasteiger partial charge in [0.25, 0.3) is 0 Å². The smallest absolute Gasteiger partial charge is 0.229 e. The lowest BCUT2D eigenvalue weighted by Crippen LogP contribution is -2.44. The summed E-state index contributed by atoms with van der Waals surface area (Å²) in [6.07, 6.45) is 6.03. The molecule has 1 amide bonds. The van der Waals surface area contributed by atoms with Crippen molar-refractivity contribution in [2.24, 2.45) is 5.92 Å². The lowest BCUT2D eigenvalue weighted by atomic mass is 9.85. The van der Waals surface area contributed by atoms with E-state index < -0.39 is 19.4 Å². The normalized spacial score (nSPS) is 19.1. The van der Waals surface area contributed by atoms with Crippen molar-refractivity contribution in [3.8, 4) is 11.3 Å². The van der Waals surface area contributed by atoms with Gasteiger partial charge in [0.2, 0.25) is 11.9 Å². The monoisotopic (exact) mass is 429 g/mol. The third-order valence-electron chi connectivity index (χ3n) is 5.67. The predicted molar refractivity (Wildman–Crippen MR) is 113 cm³/mol. The maximum atomic E-state index is 12.7. The Morgan fingerprint density at radius 1 is 1.16 bits per heavy atom. The minimum Gasteiger partial charge on any atom is -0.441 e. The summed E-state index contributed by atoms with van der Waals surface area (Å²) in [7, 11) is 0. The van der Waals surface area contributed by atoms with Crippen molar-refractivity contribution in [2.75, 3.05) is 18.7 Å². The molecule has 7 nitrogen and oxygen atoms in total. The molecule has 0 atom stereocenters. The number of carbonyl (C=O) groups excluding carboxylic acids is 1. The van der Waals surface area contributed by atoms with E-state index in [0.717, 1.165) is 10.9 Å². The second-order valence-electron chi connectivity index (χ2n) is 7.92. The fourth-order valence-electron chi connectivity index (χ4n) is 3.93. The van der Waals surface area contributed by atoms with Crippen LogP contribution in [0, 0.1) is 12.8 Å². The third-order valence-corrected chi connectivity index (χ3v) is 5.67. The van der Waals surface area contributed by atoms with Gasteiger partial charge >= 0.3 is 0 Å². The van der Waals surface area contributed by atoms with E-state index in [1.807, 2.05) is 18.2 Å². The van der Waals surface area contributed by atoms with Gasteiger partial charge in [-0.1, -0.05) is 12.1 Å². The van der Waals surface area contributed by atoms with Crippen LogP contribution in [0.1, 0.15) is 31.6 Å². The minimum atomic E-state index is -0.757. The fraction of sp³-hybridized carbons (Fsp3) is 0.455. The molecule has 0 unspecified atom stereocenters. The van der Waals surface area contributed by atoms with Gasteiger partial charge in [0.05, 0.1) is 17.8 Å². The average molecular weight is 429 g/mol. The molecule has 1 aliphatic carbocycles. The van der Waals surface area contributed by atoms with Gasteiger partial charge in [-0.05, 0) is 31.7 Å². The molecule has 2 N–H and O–H groups in total. The van der Waals surface area contributed by atoms with Crippen LogP contribution in [0.25, 0.3) is 22.2 Å². The van der Waals surface area contributed by atoms with Crippen LogP contribution in [0.15, 0.2) is 35.0 Å². The summed E-state index contributed by atoms with van der Waals surface area (Å²) in [5.74, 6) is 1.18. The van der Waals surface area contributed by atoms with Crippen LogP contribution in [0.2, 0.25) is 0 Å². The highest BCUT2D eigenvalue weighted by atomic mass is 19.1. The first-order valence-electron chi connectivity index (χ1n) is 10.4. The van der Waals surface area contributed by atoms with E-state index in [1.54, 1.807) is 19.3 Å². The second kappa shape index (κ2) is 9.47. The van der Waals surface area contributed by atoms with Crippen molar-refractivity contribution < 1.29 is 18.0 Å². The van der Waals surface area contributed by atoms with Crippen molar-refractivity contribution in [3.63, 3.8) is 0 Å². The number of carbonyl (C=O) groups is 1. The lowest BCUT2D eigenvalue weighted by Gasteiger charge is -2.30. The first-order valence-corrected chi connectivity index (χ1v) is 10.4. The van der Waals surface area contributed by atoms with E-state index in [9.17, 15) is 13.6 Å². The number of nitrogens with one attached hydrogen (secondary N) is 2. The summed E-state index contributed by atoms with van der Waals surface area (Å²) in [4.78, 5) is 25.5. The Morgan fingerprint density at radius 3 is 2.61 bits per heavy atom. The van der Waals surface area contributed by atoms with Gasteiger partial charge in [-0.3, -0.25) is 10.1 Å². The highest BCUT2D eigenvalue weighted by Crippen LogP contribution is 2.27. The number of nitrogens with zero attached hydrogens (tertiary/aromatic N) is 3. The summed E-state index contributed by atoms with van der Waals surface area (Å²) < 4.78 is 31.0. The van der Waals surface area contributed by atoms with Crippen LogP contribution >= 0.6 is 0 Å². The molecular formula is C22H25F2N5O2. The number of halogens is 2. The number of anilines is 1. The molecule has 164 valence electrons. The van der Waals surface area contributed by atoms with E-state index >= 15 is 0 Å². The number of rotatable bonds is 7. The molecule has 2 aromatic heterocycles. The first-order chi connectivity index (χ1) is 15.1. The maximum Gasteiger partial charge on any atom is 0.229 e. The van der Waals surface area contributed by atoms with Crippen LogP contribution < -0.4 is 10.6 Å². The molecule has 0 radical (unpaired) electrons.